The summed E-state index contributed by atoms with van der Waals surface area (Å²) in [6.07, 6.45) is 4.30. The molecule has 36 heavy (non-hydrogen) atoms. The summed E-state index contributed by atoms with van der Waals surface area (Å²) in [5.41, 5.74) is 19.6. The molecule has 4 aromatic rings. The number of nitrogens with zero attached hydrogens (tertiary/aromatic N) is 3. The Balaban J connectivity index is 0.000000202. The van der Waals surface area contributed by atoms with Crippen LogP contribution in [0.4, 0.5) is 21.0 Å². The highest BCUT2D eigenvalue weighted by atomic mass is 16.5. The number of carbonyl (C=O) groups is 2. The lowest BCUT2D eigenvalue weighted by Gasteiger charge is -2.03. The number of hydrogen-bond acceptors (Lipinski definition) is 6. The molecule has 2 heterocycles. The summed E-state index contributed by atoms with van der Waals surface area (Å²) in [6.45, 7) is 1.01. The standard InChI is InChI=1S/C12H13N5O2.C12H15N3O2/c1-19-12(18)14-6-5-8-7-15-11-9(8)3-2-4-10(11)16-17-13;1-17-12(16)14-6-5-8-7-15-11-9(8)3-2-4-10(11)13/h2-4,7,15H,5-6H2,1H3,(H,14,18);2-4,7,15H,5-6,13H2,1H3,(H,14,16). The molecule has 0 spiro atoms. The van der Waals surface area contributed by atoms with E-state index in [-0.39, 0.29) is 0 Å². The molecule has 2 amide bonds. The Labute approximate surface area is 206 Å². The Kier molecular flexibility index (Phi) is 9.01. The van der Waals surface area contributed by atoms with Crippen LogP contribution in [0.2, 0.25) is 0 Å². The average Bonchev–Trinajstić information content (AvgIpc) is 3.50. The first-order valence-corrected chi connectivity index (χ1v) is 11.1. The number of nitrogens with one attached hydrogen (secondary N) is 4. The summed E-state index contributed by atoms with van der Waals surface area (Å²) < 4.78 is 8.99. The SMILES string of the molecule is COC(=O)NCCc1c[nH]c2c(N)cccc12.COC(=O)NCCc1c[nH]c2c(N=[N+]=[N-])cccc12. The maximum Gasteiger partial charge on any atom is 0.406 e. The number of nitrogen functional groups attached to an aromatic ring is 1. The van der Waals surface area contributed by atoms with Gasteiger partial charge >= 0.3 is 12.2 Å². The van der Waals surface area contributed by atoms with Crippen LogP contribution < -0.4 is 16.4 Å². The second-order valence-corrected chi connectivity index (χ2v) is 7.62. The third-order valence-corrected chi connectivity index (χ3v) is 5.46. The lowest BCUT2D eigenvalue weighted by molar-refractivity contribution is 0.170. The monoisotopic (exact) mass is 492 g/mol. The van der Waals surface area contributed by atoms with Gasteiger partial charge in [-0.3, -0.25) is 0 Å². The first kappa shape index (κ1) is 25.8. The van der Waals surface area contributed by atoms with Crippen molar-refractivity contribution in [1.82, 2.24) is 20.6 Å². The first-order valence-electron chi connectivity index (χ1n) is 11.1. The Morgan fingerprint density at radius 2 is 1.44 bits per heavy atom. The maximum absolute atomic E-state index is 10.9. The van der Waals surface area contributed by atoms with Crippen LogP contribution in [0.1, 0.15) is 11.1 Å². The molecular formula is C24H28N8O4. The summed E-state index contributed by atoms with van der Waals surface area (Å²) >= 11 is 0. The van der Waals surface area contributed by atoms with Crippen molar-refractivity contribution in [1.29, 1.82) is 0 Å². The number of carbonyl (C=O) groups excluding carboxylic acids is 2. The highest BCUT2D eigenvalue weighted by Crippen LogP contribution is 2.27. The van der Waals surface area contributed by atoms with Crippen LogP contribution in [-0.2, 0) is 22.3 Å². The van der Waals surface area contributed by atoms with Crippen molar-refractivity contribution in [3.8, 4) is 0 Å². The highest BCUT2D eigenvalue weighted by Gasteiger charge is 2.08. The predicted molar refractivity (Wildman–Crippen MR) is 138 cm³/mol. The number of methoxy groups -OCH3 is 2. The Hall–Kier alpha value is -4.83. The number of anilines is 1. The van der Waals surface area contributed by atoms with E-state index in [9.17, 15) is 9.59 Å². The van der Waals surface area contributed by atoms with Crippen LogP contribution in [-0.4, -0.2) is 49.5 Å². The van der Waals surface area contributed by atoms with Crippen LogP contribution in [0.5, 0.6) is 0 Å². The number of aromatic nitrogens is 2. The van der Waals surface area contributed by atoms with Crippen LogP contribution in [0, 0.1) is 0 Å². The summed E-state index contributed by atoms with van der Waals surface area (Å²) in [4.78, 5) is 30.9. The number of rotatable bonds is 7. The molecule has 0 radical (unpaired) electrons. The van der Waals surface area contributed by atoms with Crippen molar-refractivity contribution < 1.29 is 19.1 Å². The van der Waals surface area contributed by atoms with Gasteiger partial charge in [0.2, 0.25) is 0 Å². The number of aromatic amines is 2. The molecule has 2 aromatic heterocycles. The van der Waals surface area contributed by atoms with Crippen molar-refractivity contribution in [3.05, 3.63) is 70.4 Å². The zero-order valence-electron chi connectivity index (χ0n) is 20.0. The Bertz CT molecular complexity index is 1390. The van der Waals surface area contributed by atoms with E-state index < -0.39 is 12.2 Å². The minimum absolute atomic E-state index is 0.413. The second kappa shape index (κ2) is 12.6. The summed E-state index contributed by atoms with van der Waals surface area (Å²) in [6, 6.07) is 11.3. The van der Waals surface area contributed by atoms with Gasteiger partial charge in [0.15, 0.2) is 0 Å². The maximum atomic E-state index is 10.9. The molecule has 188 valence electrons. The van der Waals surface area contributed by atoms with Crippen LogP contribution >= 0.6 is 0 Å². The zero-order chi connectivity index (χ0) is 25.9. The molecule has 0 atom stereocenters. The van der Waals surface area contributed by atoms with Crippen molar-refractivity contribution in [2.75, 3.05) is 33.0 Å². The van der Waals surface area contributed by atoms with Gasteiger partial charge in [0.1, 0.15) is 0 Å². The molecule has 0 aliphatic rings. The molecule has 4 rings (SSSR count). The van der Waals surface area contributed by atoms with Crippen LogP contribution in [0.15, 0.2) is 53.9 Å². The number of nitrogens with two attached hydrogens (primary N) is 1. The largest absolute Gasteiger partial charge is 0.453 e. The molecule has 2 aromatic carbocycles. The van der Waals surface area contributed by atoms with Gasteiger partial charge in [-0.05, 0) is 35.6 Å². The smallest absolute Gasteiger partial charge is 0.406 e. The van der Waals surface area contributed by atoms with Gasteiger partial charge in [0, 0.05) is 41.2 Å². The van der Waals surface area contributed by atoms with E-state index in [0.29, 0.717) is 25.2 Å². The van der Waals surface area contributed by atoms with Gasteiger partial charge in [0.05, 0.1) is 36.6 Å². The van der Waals surface area contributed by atoms with E-state index >= 15 is 0 Å². The summed E-state index contributed by atoms with van der Waals surface area (Å²) in [5, 5.41) is 11.0. The molecule has 0 aliphatic heterocycles. The number of ether oxygens (including phenoxy) is 2. The third-order valence-electron chi connectivity index (χ3n) is 5.46. The average molecular weight is 493 g/mol. The number of para-hydroxylation sites is 2. The molecule has 0 bridgehead atoms. The topological polar surface area (TPSA) is 183 Å². The fraction of sp³-hybridized carbons (Fsp3) is 0.250. The van der Waals surface area contributed by atoms with E-state index in [1.54, 1.807) is 6.07 Å². The van der Waals surface area contributed by atoms with E-state index in [0.717, 1.165) is 45.0 Å². The third kappa shape index (κ3) is 6.39. The highest BCUT2D eigenvalue weighted by molar-refractivity contribution is 5.93. The molecule has 0 saturated carbocycles. The second-order valence-electron chi connectivity index (χ2n) is 7.62. The number of benzene rings is 2. The lowest BCUT2D eigenvalue weighted by Crippen LogP contribution is -2.25. The van der Waals surface area contributed by atoms with Crippen molar-refractivity contribution >= 4 is 45.4 Å². The molecule has 0 unspecified atom stereocenters. The molecular weight excluding hydrogens is 464 g/mol. The van der Waals surface area contributed by atoms with Crippen molar-refractivity contribution in [2.24, 2.45) is 5.11 Å². The lowest BCUT2D eigenvalue weighted by atomic mass is 10.1. The van der Waals surface area contributed by atoms with Crippen molar-refractivity contribution in [2.45, 2.75) is 12.8 Å². The fourth-order valence-electron chi connectivity index (χ4n) is 3.72. The number of alkyl carbamates (subject to hydrolysis) is 2. The van der Waals surface area contributed by atoms with Gasteiger partial charge in [-0.15, -0.1) is 0 Å². The number of fused-ring (bicyclic) bond motifs is 2. The number of H-pyrrole nitrogens is 2. The van der Waals surface area contributed by atoms with E-state index in [1.807, 2.05) is 42.7 Å². The van der Waals surface area contributed by atoms with Crippen molar-refractivity contribution in [3.63, 3.8) is 0 Å². The molecule has 0 saturated heterocycles. The molecule has 12 nitrogen and oxygen atoms in total. The number of amides is 2. The first-order chi connectivity index (χ1) is 17.5. The van der Waals surface area contributed by atoms with Gasteiger partial charge in [0.25, 0.3) is 0 Å². The normalized spacial score (nSPS) is 10.2. The predicted octanol–water partition coefficient (Wildman–Crippen LogP) is 4.66. The summed E-state index contributed by atoms with van der Waals surface area (Å²) in [7, 11) is 2.68. The fourth-order valence-corrected chi connectivity index (χ4v) is 3.72. The van der Waals surface area contributed by atoms with E-state index in [1.165, 1.54) is 14.2 Å². The molecule has 0 fully saturated rings. The van der Waals surface area contributed by atoms with Crippen LogP contribution in [0.25, 0.3) is 32.2 Å². The Morgan fingerprint density at radius 1 is 0.917 bits per heavy atom. The van der Waals surface area contributed by atoms with Gasteiger partial charge < -0.3 is 35.8 Å². The zero-order valence-corrected chi connectivity index (χ0v) is 20.0. The van der Waals surface area contributed by atoms with E-state index in [2.05, 4.69) is 40.1 Å². The minimum atomic E-state index is -0.449. The van der Waals surface area contributed by atoms with Gasteiger partial charge in [-0.2, -0.15) is 0 Å². The summed E-state index contributed by atoms with van der Waals surface area (Å²) in [5.74, 6) is 0. The van der Waals surface area contributed by atoms with E-state index in [4.69, 9.17) is 11.3 Å². The molecule has 0 aliphatic carbocycles. The minimum Gasteiger partial charge on any atom is -0.453 e. The number of hydrogen-bond donors (Lipinski definition) is 5. The quantitative estimate of drug-likeness (QED) is 0.109. The molecule has 12 heteroatoms. The Morgan fingerprint density at radius 3 is 2.00 bits per heavy atom. The molecule has 6 N–H and O–H groups in total. The number of azide groups is 1. The van der Waals surface area contributed by atoms with Crippen LogP contribution in [0.3, 0.4) is 0 Å². The van der Waals surface area contributed by atoms with Gasteiger partial charge in [-0.25, -0.2) is 9.59 Å². The van der Waals surface area contributed by atoms with Gasteiger partial charge in [-0.1, -0.05) is 35.4 Å².